The first-order valence-corrected chi connectivity index (χ1v) is 14.2. The molecule has 9 nitrogen and oxygen atoms in total. The van der Waals surface area contributed by atoms with Crippen molar-refractivity contribution in [1.29, 1.82) is 0 Å². The highest BCUT2D eigenvalue weighted by molar-refractivity contribution is 7.94. The number of halogens is 2. The molecule has 12 heteroatoms. The fraction of sp³-hybridized carbons (Fsp3) is 0.423. The molecule has 0 bridgehead atoms. The Morgan fingerprint density at radius 1 is 1.08 bits per heavy atom. The molecule has 1 fully saturated rings. The molecular formula is C26H33ClFN7O2S. The van der Waals surface area contributed by atoms with Crippen LogP contribution >= 0.6 is 11.6 Å². The normalized spacial score (nSPS) is 15.3. The van der Waals surface area contributed by atoms with Gasteiger partial charge in [-0.15, -0.1) is 0 Å². The molecule has 2 aromatic heterocycles. The number of nitrogens with one attached hydrogen (secondary N) is 3. The van der Waals surface area contributed by atoms with Crippen molar-refractivity contribution in [1.82, 2.24) is 19.9 Å². The van der Waals surface area contributed by atoms with Crippen molar-refractivity contribution in [2.75, 3.05) is 35.5 Å². The number of piperidine rings is 1. The molecule has 3 N–H and O–H groups in total. The van der Waals surface area contributed by atoms with Gasteiger partial charge in [-0.05, 0) is 90.9 Å². The van der Waals surface area contributed by atoms with Gasteiger partial charge in [-0.2, -0.15) is 9.37 Å². The lowest BCUT2D eigenvalue weighted by Crippen LogP contribution is -2.33. The number of hydrogen-bond acceptors (Lipinski definition) is 8. The molecular weight excluding hydrogens is 529 g/mol. The highest BCUT2D eigenvalue weighted by Gasteiger charge is 2.29. The first kappa shape index (κ1) is 28.0. The lowest BCUT2D eigenvalue weighted by molar-refractivity contribution is 0.252. The molecule has 0 saturated carbocycles. The number of nitrogens with zero attached hydrogens (tertiary/aromatic N) is 4. The van der Waals surface area contributed by atoms with Gasteiger partial charge in [0.25, 0.3) is 0 Å². The summed E-state index contributed by atoms with van der Waals surface area (Å²) in [5, 5.41) is 6.41. The van der Waals surface area contributed by atoms with E-state index in [2.05, 4.69) is 42.3 Å². The van der Waals surface area contributed by atoms with Crippen LogP contribution in [0.15, 0.2) is 36.5 Å². The maximum atomic E-state index is 14.8. The number of pyridine rings is 1. The summed E-state index contributed by atoms with van der Waals surface area (Å²) in [6.45, 7) is 8.52. The largest absolute Gasteiger partial charge is 0.340 e. The molecule has 0 spiro atoms. The molecule has 4 rings (SSSR count). The van der Waals surface area contributed by atoms with E-state index in [1.165, 1.54) is 0 Å². The molecule has 1 aliphatic rings. The third-order valence-electron chi connectivity index (χ3n) is 6.53. The molecule has 0 unspecified atom stereocenters. The molecule has 3 heterocycles. The Labute approximate surface area is 228 Å². The maximum absolute atomic E-state index is 14.8. The van der Waals surface area contributed by atoms with Gasteiger partial charge in [0.2, 0.25) is 21.9 Å². The first-order valence-electron chi connectivity index (χ1n) is 12.4. The summed E-state index contributed by atoms with van der Waals surface area (Å²) in [7, 11) is -1.59. The summed E-state index contributed by atoms with van der Waals surface area (Å²) >= 11 is 6.25. The van der Waals surface area contributed by atoms with Gasteiger partial charge in [0.05, 0.1) is 15.5 Å². The molecule has 0 aliphatic carbocycles. The number of hydrogen-bond donors (Lipinski definition) is 3. The van der Waals surface area contributed by atoms with Crippen LogP contribution in [0, 0.1) is 12.9 Å². The lowest BCUT2D eigenvalue weighted by atomic mass is 9.90. The molecule has 0 radical (unpaired) electrons. The van der Waals surface area contributed by atoms with E-state index in [9.17, 15) is 12.8 Å². The van der Waals surface area contributed by atoms with E-state index in [0.29, 0.717) is 22.9 Å². The molecule has 3 aromatic rings. The van der Waals surface area contributed by atoms with Crippen LogP contribution in [0.25, 0.3) is 0 Å². The number of aromatic nitrogens is 3. The second kappa shape index (κ2) is 11.0. The fourth-order valence-electron chi connectivity index (χ4n) is 4.00. The minimum absolute atomic E-state index is 0.163. The van der Waals surface area contributed by atoms with Crippen molar-refractivity contribution in [2.45, 2.75) is 51.2 Å². The van der Waals surface area contributed by atoms with Crippen LogP contribution in [0.5, 0.6) is 0 Å². The Balaban J connectivity index is 1.51. The van der Waals surface area contributed by atoms with Crippen molar-refractivity contribution < 1.29 is 12.8 Å². The smallest absolute Gasteiger partial charge is 0.237 e. The summed E-state index contributed by atoms with van der Waals surface area (Å²) in [5.74, 6) is 0.703. The molecule has 1 saturated heterocycles. The number of rotatable bonds is 7. The van der Waals surface area contributed by atoms with Gasteiger partial charge in [-0.3, -0.25) is 4.72 Å². The van der Waals surface area contributed by atoms with E-state index in [-0.39, 0.29) is 22.6 Å². The topological polar surface area (TPSA) is 112 Å². The summed E-state index contributed by atoms with van der Waals surface area (Å²) in [6.07, 6.45) is 3.43. The summed E-state index contributed by atoms with van der Waals surface area (Å²) in [4.78, 5) is 15.1. The summed E-state index contributed by atoms with van der Waals surface area (Å²) in [5.41, 5.74) is 2.21. The highest BCUT2D eigenvalue weighted by Crippen LogP contribution is 2.32. The number of sulfonamides is 1. The van der Waals surface area contributed by atoms with E-state index < -0.39 is 20.7 Å². The molecule has 1 aromatic carbocycles. The number of benzene rings is 1. The monoisotopic (exact) mass is 561 g/mol. The second-order valence-electron chi connectivity index (χ2n) is 10.5. The first-order chi connectivity index (χ1) is 17.8. The maximum Gasteiger partial charge on any atom is 0.237 e. The molecule has 0 amide bonds. The average molecular weight is 562 g/mol. The lowest BCUT2D eigenvalue weighted by Gasteiger charge is -2.29. The fourth-order valence-corrected chi connectivity index (χ4v) is 4.98. The van der Waals surface area contributed by atoms with Crippen molar-refractivity contribution in [3.05, 3.63) is 58.6 Å². The quantitative estimate of drug-likeness (QED) is 0.310. The van der Waals surface area contributed by atoms with Crippen molar-refractivity contribution in [2.24, 2.45) is 0 Å². The van der Waals surface area contributed by atoms with E-state index in [0.717, 1.165) is 31.5 Å². The Morgan fingerprint density at radius 2 is 1.79 bits per heavy atom. The van der Waals surface area contributed by atoms with Gasteiger partial charge in [0, 0.05) is 23.0 Å². The minimum Gasteiger partial charge on any atom is -0.340 e. The van der Waals surface area contributed by atoms with Crippen LogP contribution in [0.1, 0.15) is 50.7 Å². The van der Waals surface area contributed by atoms with Gasteiger partial charge in [0.15, 0.2) is 0 Å². The molecule has 204 valence electrons. The molecule has 38 heavy (non-hydrogen) atoms. The zero-order chi connectivity index (χ0) is 27.7. The second-order valence-corrected chi connectivity index (χ2v) is 13.4. The third kappa shape index (κ3) is 6.51. The Hall–Kier alpha value is -3.02. The summed E-state index contributed by atoms with van der Waals surface area (Å²) < 4.78 is 41.6. The SMILES string of the molecule is Cc1cnc(Nc2ccc(C3CCN(C)CC3)c(F)n2)nc1Nc1ccc(Cl)c(NS(=O)(=O)C(C)(C)C)c1. The van der Waals surface area contributed by atoms with Gasteiger partial charge in [-0.25, -0.2) is 18.4 Å². The predicted molar refractivity (Wildman–Crippen MR) is 151 cm³/mol. The number of anilines is 5. The third-order valence-corrected chi connectivity index (χ3v) is 8.96. The standard InChI is InChI=1S/C26H33ClFN7O2S/c1-16-15-29-25(32-22-9-7-19(23(28)31-22)17-10-12-35(5)13-11-17)33-24(16)30-18-6-8-20(27)21(14-18)34-38(36,37)26(2,3)4/h6-9,14-15,17,34H,10-13H2,1-5H3,(H2,29,30,31,32,33). The summed E-state index contributed by atoms with van der Waals surface area (Å²) in [6, 6.07) is 8.42. The van der Waals surface area contributed by atoms with Crippen LogP contribution in [0.4, 0.5) is 33.3 Å². The van der Waals surface area contributed by atoms with Crippen LogP contribution in [-0.2, 0) is 10.0 Å². The zero-order valence-corrected chi connectivity index (χ0v) is 23.7. The van der Waals surface area contributed by atoms with Gasteiger partial charge < -0.3 is 15.5 Å². The van der Waals surface area contributed by atoms with Gasteiger partial charge >= 0.3 is 0 Å². The van der Waals surface area contributed by atoms with Crippen LogP contribution in [-0.4, -0.2) is 53.2 Å². The Kier molecular flexibility index (Phi) is 8.10. The van der Waals surface area contributed by atoms with Gasteiger partial charge in [-0.1, -0.05) is 17.7 Å². The number of aryl methyl sites for hydroxylation is 1. The van der Waals surface area contributed by atoms with Crippen molar-refractivity contribution in [3.8, 4) is 0 Å². The molecule has 1 aliphatic heterocycles. The van der Waals surface area contributed by atoms with Crippen molar-refractivity contribution in [3.63, 3.8) is 0 Å². The Morgan fingerprint density at radius 3 is 2.45 bits per heavy atom. The van der Waals surface area contributed by atoms with E-state index >= 15 is 0 Å². The van der Waals surface area contributed by atoms with Crippen LogP contribution in [0.3, 0.4) is 0 Å². The average Bonchev–Trinajstić information content (AvgIpc) is 2.83. The van der Waals surface area contributed by atoms with Crippen LogP contribution in [0.2, 0.25) is 5.02 Å². The molecule has 0 atom stereocenters. The van der Waals surface area contributed by atoms with Crippen LogP contribution < -0.4 is 15.4 Å². The van der Waals surface area contributed by atoms with Crippen molar-refractivity contribution >= 4 is 50.6 Å². The highest BCUT2D eigenvalue weighted by atomic mass is 35.5. The van der Waals surface area contributed by atoms with Gasteiger partial charge in [0.1, 0.15) is 11.6 Å². The van der Waals surface area contributed by atoms with E-state index in [1.54, 1.807) is 57.3 Å². The van der Waals surface area contributed by atoms with E-state index in [1.807, 2.05) is 6.92 Å². The van der Waals surface area contributed by atoms with E-state index in [4.69, 9.17) is 11.6 Å². The predicted octanol–water partition coefficient (Wildman–Crippen LogP) is 5.81. The zero-order valence-electron chi connectivity index (χ0n) is 22.1. The number of likely N-dealkylation sites (tertiary alicyclic amines) is 1. The Bertz CT molecular complexity index is 1420. The minimum atomic E-state index is -3.67.